The van der Waals surface area contributed by atoms with Crippen LogP contribution in [0, 0.1) is 11.8 Å². The molecule has 1 atom stereocenters. The van der Waals surface area contributed by atoms with Crippen LogP contribution in [0.2, 0.25) is 0 Å². The Morgan fingerprint density at radius 1 is 1.41 bits per heavy atom. The highest BCUT2D eigenvalue weighted by molar-refractivity contribution is 5.78. The molecule has 1 aliphatic heterocycles. The van der Waals surface area contributed by atoms with Crippen LogP contribution in [0.25, 0.3) is 0 Å². The summed E-state index contributed by atoms with van der Waals surface area (Å²) in [6.45, 7) is 7.98. The normalized spacial score (nSPS) is 25.5. The molecule has 98 valence electrons. The average molecular weight is 240 g/mol. The van der Waals surface area contributed by atoms with Crippen molar-refractivity contribution in [1.82, 2.24) is 10.2 Å². The van der Waals surface area contributed by atoms with Crippen LogP contribution in [0.4, 0.5) is 0 Å². The van der Waals surface area contributed by atoms with E-state index in [1.807, 2.05) is 11.8 Å². The lowest BCUT2D eigenvalue weighted by Gasteiger charge is -2.46. The van der Waals surface area contributed by atoms with Gasteiger partial charge in [0.05, 0.1) is 12.1 Å². The molecule has 0 bridgehead atoms. The van der Waals surface area contributed by atoms with Crippen molar-refractivity contribution in [3.05, 3.63) is 0 Å². The molecule has 1 saturated carbocycles. The summed E-state index contributed by atoms with van der Waals surface area (Å²) in [6.07, 6.45) is 2.31. The zero-order chi connectivity index (χ0) is 12.6. The molecule has 1 saturated heterocycles. The van der Waals surface area contributed by atoms with Crippen molar-refractivity contribution in [2.45, 2.75) is 45.3 Å². The van der Waals surface area contributed by atoms with E-state index >= 15 is 0 Å². The molecule has 1 unspecified atom stereocenters. The van der Waals surface area contributed by atoms with Gasteiger partial charge in [-0.3, -0.25) is 9.69 Å². The van der Waals surface area contributed by atoms with Gasteiger partial charge in [0.25, 0.3) is 0 Å². The van der Waals surface area contributed by atoms with Crippen LogP contribution >= 0.6 is 0 Å². The van der Waals surface area contributed by atoms with E-state index in [4.69, 9.17) is 0 Å². The molecule has 2 N–H and O–H groups in total. The summed E-state index contributed by atoms with van der Waals surface area (Å²) in [6, 6.07) is 0.214. The number of likely N-dealkylation sites (tertiary alicyclic amines) is 1. The van der Waals surface area contributed by atoms with E-state index in [2.05, 4.69) is 19.2 Å². The number of hydrogen-bond acceptors (Lipinski definition) is 3. The van der Waals surface area contributed by atoms with E-state index in [-0.39, 0.29) is 11.9 Å². The third-order valence-corrected chi connectivity index (χ3v) is 4.09. The molecule has 0 aromatic rings. The van der Waals surface area contributed by atoms with Crippen LogP contribution in [-0.2, 0) is 4.79 Å². The van der Waals surface area contributed by atoms with Crippen molar-refractivity contribution in [3.8, 4) is 0 Å². The minimum Gasteiger partial charge on any atom is -0.387 e. The number of β-amino-alcohol motifs (C(OH)–C–C–N with tert-alkyl or cyclic N) is 1. The lowest BCUT2D eigenvalue weighted by molar-refractivity contribution is -0.137. The monoisotopic (exact) mass is 240 g/mol. The van der Waals surface area contributed by atoms with Gasteiger partial charge in [0, 0.05) is 19.1 Å². The highest BCUT2D eigenvalue weighted by Gasteiger charge is 2.51. The molecule has 2 rings (SSSR count). The highest BCUT2D eigenvalue weighted by atomic mass is 16.3. The summed E-state index contributed by atoms with van der Waals surface area (Å²) in [7, 11) is 0. The van der Waals surface area contributed by atoms with Gasteiger partial charge in [-0.05, 0) is 31.6 Å². The minimum atomic E-state index is -0.482. The molecule has 0 spiro atoms. The Bertz CT molecular complexity index is 294. The molecule has 2 fully saturated rings. The summed E-state index contributed by atoms with van der Waals surface area (Å²) in [5.41, 5.74) is -0.482. The van der Waals surface area contributed by atoms with E-state index in [1.54, 1.807) is 0 Å². The second kappa shape index (κ2) is 4.58. The van der Waals surface area contributed by atoms with Crippen LogP contribution in [-0.4, -0.2) is 47.2 Å². The zero-order valence-corrected chi connectivity index (χ0v) is 11.1. The van der Waals surface area contributed by atoms with Gasteiger partial charge in [0.15, 0.2) is 0 Å². The van der Waals surface area contributed by atoms with Crippen molar-refractivity contribution < 1.29 is 9.90 Å². The van der Waals surface area contributed by atoms with Crippen LogP contribution in [0.3, 0.4) is 0 Å². The second-order valence-electron chi connectivity index (χ2n) is 6.12. The molecular weight excluding hydrogens is 216 g/mol. The Kier molecular flexibility index (Phi) is 3.46. The Labute approximate surface area is 103 Å². The summed E-state index contributed by atoms with van der Waals surface area (Å²) in [4.78, 5) is 13.8. The molecule has 1 aliphatic carbocycles. The van der Waals surface area contributed by atoms with Crippen LogP contribution in [0.1, 0.15) is 33.6 Å². The molecule has 4 heteroatoms. The molecule has 17 heavy (non-hydrogen) atoms. The fourth-order valence-electron chi connectivity index (χ4n) is 2.39. The Balaban J connectivity index is 1.67. The molecule has 4 nitrogen and oxygen atoms in total. The lowest BCUT2D eigenvalue weighted by Crippen LogP contribution is -2.64. The molecule has 1 heterocycles. The van der Waals surface area contributed by atoms with Gasteiger partial charge in [-0.25, -0.2) is 0 Å². The van der Waals surface area contributed by atoms with E-state index in [1.165, 1.54) is 0 Å². The van der Waals surface area contributed by atoms with Crippen molar-refractivity contribution in [1.29, 1.82) is 0 Å². The standard InChI is InChI=1S/C13H24N2O2/c1-9(2)10(3)14-12(16)6-15-7-13(17,8-15)11-4-5-11/h9-11,17H,4-8H2,1-3H3,(H,14,16). The first kappa shape index (κ1) is 12.8. The van der Waals surface area contributed by atoms with E-state index in [0.717, 1.165) is 12.8 Å². The Morgan fingerprint density at radius 2 is 2.00 bits per heavy atom. The van der Waals surface area contributed by atoms with E-state index in [0.29, 0.717) is 31.5 Å². The predicted molar refractivity (Wildman–Crippen MR) is 66.6 cm³/mol. The third-order valence-electron chi connectivity index (χ3n) is 4.09. The smallest absolute Gasteiger partial charge is 0.234 e. The van der Waals surface area contributed by atoms with Crippen molar-refractivity contribution >= 4 is 5.91 Å². The van der Waals surface area contributed by atoms with Gasteiger partial charge in [-0.1, -0.05) is 13.8 Å². The van der Waals surface area contributed by atoms with Gasteiger partial charge < -0.3 is 10.4 Å². The first-order chi connectivity index (χ1) is 7.90. The number of carbonyl (C=O) groups is 1. The van der Waals surface area contributed by atoms with Gasteiger partial charge >= 0.3 is 0 Å². The summed E-state index contributed by atoms with van der Waals surface area (Å²) >= 11 is 0. The number of amides is 1. The largest absolute Gasteiger partial charge is 0.387 e. The van der Waals surface area contributed by atoms with Crippen molar-refractivity contribution in [2.75, 3.05) is 19.6 Å². The average Bonchev–Trinajstić information content (AvgIpc) is 2.97. The number of carbonyl (C=O) groups excluding carboxylic acids is 1. The topological polar surface area (TPSA) is 52.6 Å². The molecule has 0 aromatic carbocycles. The van der Waals surface area contributed by atoms with Crippen molar-refractivity contribution in [3.63, 3.8) is 0 Å². The maximum atomic E-state index is 11.7. The molecule has 0 radical (unpaired) electrons. The van der Waals surface area contributed by atoms with E-state index in [9.17, 15) is 9.90 Å². The number of nitrogens with zero attached hydrogens (tertiary/aromatic N) is 1. The predicted octanol–water partition coefficient (Wildman–Crippen LogP) is 0.604. The first-order valence-electron chi connectivity index (χ1n) is 6.65. The Morgan fingerprint density at radius 3 is 2.47 bits per heavy atom. The second-order valence-corrected chi connectivity index (χ2v) is 6.12. The fourth-order valence-corrected chi connectivity index (χ4v) is 2.39. The fraction of sp³-hybridized carbons (Fsp3) is 0.923. The minimum absolute atomic E-state index is 0.0732. The molecule has 2 aliphatic rings. The maximum absolute atomic E-state index is 11.7. The summed E-state index contributed by atoms with van der Waals surface area (Å²) < 4.78 is 0. The van der Waals surface area contributed by atoms with Gasteiger partial charge in [0.1, 0.15) is 0 Å². The molecular formula is C13H24N2O2. The van der Waals surface area contributed by atoms with Crippen LogP contribution in [0.15, 0.2) is 0 Å². The lowest BCUT2D eigenvalue weighted by atomic mass is 9.89. The summed E-state index contributed by atoms with van der Waals surface area (Å²) in [5.74, 6) is 1.03. The van der Waals surface area contributed by atoms with Gasteiger partial charge in [-0.2, -0.15) is 0 Å². The maximum Gasteiger partial charge on any atom is 0.234 e. The van der Waals surface area contributed by atoms with E-state index < -0.39 is 5.60 Å². The van der Waals surface area contributed by atoms with Crippen LogP contribution < -0.4 is 5.32 Å². The molecule has 0 aromatic heterocycles. The SMILES string of the molecule is CC(C)C(C)NC(=O)CN1CC(O)(C2CC2)C1. The summed E-state index contributed by atoms with van der Waals surface area (Å²) in [5, 5.41) is 13.1. The van der Waals surface area contributed by atoms with Crippen molar-refractivity contribution in [2.24, 2.45) is 11.8 Å². The number of hydrogen-bond donors (Lipinski definition) is 2. The quantitative estimate of drug-likeness (QED) is 0.740. The zero-order valence-electron chi connectivity index (χ0n) is 11.1. The molecule has 1 amide bonds. The van der Waals surface area contributed by atoms with Gasteiger partial charge in [-0.15, -0.1) is 0 Å². The number of rotatable bonds is 5. The Hall–Kier alpha value is -0.610. The van der Waals surface area contributed by atoms with Gasteiger partial charge in [0.2, 0.25) is 5.91 Å². The number of aliphatic hydroxyl groups is 1. The third kappa shape index (κ3) is 2.99. The van der Waals surface area contributed by atoms with Crippen LogP contribution in [0.5, 0.6) is 0 Å². The number of nitrogens with one attached hydrogen (secondary N) is 1. The highest BCUT2D eigenvalue weighted by Crippen LogP contribution is 2.44. The first-order valence-corrected chi connectivity index (χ1v) is 6.65.